The van der Waals surface area contributed by atoms with Crippen molar-refractivity contribution in [3.63, 3.8) is 0 Å². The maximum absolute atomic E-state index is 12.6. The van der Waals surface area contributed by atoms with Crippen LogP contribution in [0.2, 0.25) is 5.02 Å². The Morgan fingerprint density at radius 1 is 1.19 bits per heavy atom. The molecule has 0 radical (unpaired) electrons. The van der Waals surface area contributed by atoms with Gasteiger partial charge < -0.3 is 9.64 Å². The predicted molar refractivity (Wildman–Crippen MR) is 117 cm³/mol. The monoisotopic (exact) mass is 461 g/mol. The number of esters is 1. The van der Waals surface area contributed by atoms with Crippen LogP contribution in [0.15, 0.2) is 48.5 Å². The number of amides is 1. The van der Waals surface area contributed by atoms with Crippen molar-refractivity contribution in [2.75, 3.05) is 34.7 Å². The maximum atomic E-state index is 12.6. The second kappa shape index (κ2) is 9.81. The van der Waals surface area contributed by atoms with E-state index in [-0.39, 0.29) is 24.3 Å². The summed E-state index contributed by atoms with van der Waals surface area (Å²) in [5, 5.41) is 9.29. The highest BCUT2D eigenvalue weighted by Gasteiger charge is 2.28. The van der Waals surface area contributed by atoms with Gasteiger partial charge >= 0.3 is 5.97 Å². The molecule has 10 heteroatoms. The van der Waals surface area contributed by atoms with E-state index >= 15 is 0 Å². The van der Waals surface area contributed by atoms with Crippen molar-refractivity contribution in [1.29, 1.82) is 5.26 Å². The van der Waals surface area contributed by atoms with Crippen molar-refractivity contribution >= 4 is 44.9 Å². The quantitative estimate of drug-likeness (QED) is 0.586. The number of nitrogens with zero attached hydrogens (tertiary/aromatic N) is 3. The van der Waals surface area contributed by atoms with E-state index in [0.717, 1.165) is 0 Å². The number of sulfonamides is 1. The van der Waals surface area contributed by atoms with Crippen molar-refractivity contribution in [2.24, 2.45) is 0 Å². The van der Waals surface area contributed by atoms with Crippen molar-refractivity contribution in [2.45, 2.75) is 12.8 Å². The standard InChI is InChI=1S/C21H20ClN3O5S/c22-17-4-1-5-19(14-17)24(11-2-10-23)20(26)15-30-21(27)16-6-8-18(9-7-16)25-12-3-13-31(25,28)29/h1,4-9,14H,2-3,11-13,15H2. The molecule has 31 heavy (non-hydrogen) atoms. The second-order valence-electron chi connectivity index (χ2n) is 6.80. The van der Waals surface area contributed by atoms with E-state index in [1.165, 1.54) is 33.5 Å². The summed E-state index contributed by atoms with van der Waals surface area (Å²) in [6.45, 7) is 0.0218. The fourth-order valence-corrected chi connectivity index (χ4v) is 4.93. The van der Waals surface area contributed by atoms with Crippen molar-refractivity contribution in [3.05, 3.63) is 59.1 Å². The first-order valence-corrected chi connectivity index (χ1v) is 11.5. The zero-order valence-electron chi connectivity index (χ0n) is 16.5. The van der Waals surface area contributed by atoms with Gasteiger partial charge in [0.15, 0.2) is 6.61 Å². The molecule has 162 valence electrons. The highest BCUT2D eigenvalue weighted by Crippen LogP contribution is 2.24. The molecule has 1 saturated heterocycles. The summed E-state index contributed by atoms with van der Waals surface area (Å²) in [5.74, 6) is -1.10. The molecule has 1 aliphatic heterocycles. The van der Waals surface area contributed by atoms with Crippen LogP contribution in [0.25, 0.3) is 0 Å². The summed E-state index contributed by atoms with van der Waals surface area (Å²) in [7, 11) is -3.31. The molecule has 0 atom stereocenters. The van der Waals surface area contributed by atoms with E-state index in [9.17, 15) is 18.0 Å². The molecule has 0 N–H and O–H groups in total. The molecule has 1 amide bonds. The normalized spacial score (nSPS) is 14.6. The van der Waals surface area contributed by atoms with Gasteiger partial charge in [0.2, 0.25) is 10.0 Å². The number of halogens is 1. The molecule has 0 spiro atoms. The number of carbonyl (C=O) groups is 2. The average Bonchev–Trinajstić information content (AvgIpc) is 3.11. The minimum atomic E-state index is -3.31. The Kier molecular flexibility index (Phi) is 7.15. The molecule has 3 rings (SSSR count). The van der Waals surface area contributed by atoms with Gasteiger partial charge in [0.25, 0.3) is 5.91 Å². The summed E-state index contributed by atoms with van der Waals surface area (Å²) in [6, 6.07) is 14.6. The zero-order valence-corrected chi connectivity index (χ0v) is 18.1. The Morgan fingerprint density at radius 3 is 2.55 bits per heavy atom. The van der Waals surface area contributed by atoms with Crippen molar-refractivity contribution in [3.8, 4) is 6.07 Å². The number of anilines is 2. The molecule has 2 aromatic rings. The van der Waals surface area contributed by atoms with E-state index in [2.05, 4.69) is 0 Å². The summed E-state index contributed by atoms with van der Waals surface area (Å²) in [6.07, 6.45) is 0.663. The van der Waals surface area contributed by atoms with Crippen LogP contribution in [0, 0.1) is 11.3 Å². The van der Waals surface area contributed by atoms with E-state index in [1.54, 1.807) is 24.3 Å². The SMILES string of the molecule is N#CCCN(C(=O)COC(=O)c1ccc(N2CCCS2(=O)=O)cc1)c1cccc(Cl)c1. The number of benzene rings is 2. The van der Waals surface area contributed by atoms with Crippen LogP contribution in [0.4, 0.5) is 11.4 Å². The zero-order chi connectivity index (χ0) is 22.4. The Labute approximate surface area is 185 Å². The first-order valence-electron chi connectivity index (χ1n) is 9.52. The fourth-order valence-electron chi connectivity index (χ4n) is 3.19. The molecular weight excluding hydrogens is 442 g/mol. The van der Waals surface area contributed by atoms with Gasteiger partial charge in [-0.1, -0.05) is 17.7 Å². The summed E-state index contributed by atoms with van der Waals surface area (Å²) in [4.78, 5) is 26.3. The summed E-state index contributed by atoms with van der Waals surface area (Å²) < 4.78 is 30.4. The summed E-state index contributed by atoms with van der Waals surface area (Å²) in [5.41, 5.74) is 1.17. The smallest absolute Gasteiger partial charge is 0.338 e. The average molecular weight is 462 g/mol. The molecule has 0 aromatic heterocycles. The predicted octanol–water partition coefficient (Wildman–Crippen LogP) is 2.98. The lowest BCUT2D eigenvalue weighted by atomic mass is 10.2. The number of carbonyl (C=O) groups excluding carboxylic acids is 2. The number of hydrogen-bond donors (Lipinski definition) is 0. The molecule has 1 fully saturated rings. The van der Waals surface area contributed by atoms with Gasteiger partial charge in [0, 0.05) is 23.8 Å². The van der Waals surface area contributed by atoms with Gasteiger partial charge in [-0.25, -0.2) is 13.2 Å². The summed E-state index contributed by atoms with van der Waals surface area (Å²) >= 11 is 5.98. The van der Waals surface area contributed by atoms with Crippen molar-refractivity contribution in [1.82, 2.24) is 0 Å². The van der Waals surface area contributed by atoms with Crippen LogP contribution < -0.4 is 9.21 Å². The number of hydrogen-bond acceptors (Lipinski definition) is 6. The molecule has 1 heterocycles. The Morgan fingerprint density at radius 2 is 1.94 bits per heavy atom. The molecular formula is C21H20ClN3O5S. The third-order valence-electron chi connectivity index (χ3n) is 4.69. The van der Waals surface area contributed by atoms with Crippen LogP contribution >= 0.6 is 11.6 Å². The first kappa shape index (κ1) is 22.6. The minimum Gasteiger partial charge on any atom is -0.452 e. The lowest BCUT2D eigenvalue weighted by Crippen LogP contribution is -2.35. The lowest BCUT2D eigenvalue weighted by Gasteiger charge is -2.22. The molecule has 0 aliphatic carbocycles. The van der Waals surface area contributed by atoms with E-state index in [0.29, 0.717) is 29.4 Å². The van der Waals surface area contributed by atoms with Gasteiger partial charge in [-0.15, -0.1) is 0 Å². The number of ether oxygens (including phenoxy) is 1. The van der Waals surface area contributed by atoms with Gasteiger partial charge in [-0.3, -0.25) is 9.10 Å². The molecule has 0 saturated carbocycles. The maximum Gasteiger partial charge on any atom is 0.338 e. The Bertz CT molecular complexity index is 1110. The van der Waals surface area contributed by atoms with E-state index in [4.69, 9.17) is 21.6 Å². The fraction of sp³-hybridized carbons (Fsp3) is 0.286. The van der Waals surface area contributed by atoms with Gasteiger partial charge in [0.1, 0.15) is 0 Å². The minimum absolute atomic E-state index is 0.104. The van der Waals surface area contributed by atoms with Crippen molar-refractivity contribution < 1.29 is 22.7 Å². The van der Waals surface area contributed by atoms with Gasteiger partial charge in [0.05, 0.1) is 29.5 Å². The van der Waals surface area contributed by atoms with Crippen LogP contribution in [0.3, 0.4) is 0 Å². The molecule has 2 aromatic carbocycles. The number of nitriles is 1. The Hall–Kier alpha value is -3.09. The highest BCUT2D eigenvalue weighted by molar-refractivity contribution is 7.93. The largest absolute Gasteiger partial charge is 0.452 e. The van der Waals surface area contributed by atoms with E-state index < -0.39 is 28.5 Å². The van der Waals surface area contributed by atoms with Gasteiger partial charge in [-0.05, 0) is 48.9 Å². The molecule has 8 nitrogen and oxygen atoms in total. The highest BCUT2D eigenvalue weighted by atomic mass is 35.5. The van der Waals surface area contributed by atoms with Crippen LogP contribution in [0.1, 0.15) is 23.2 Å². The van der Waals surface area contributed by atoms with E-state index in [1.807, 2.05) is 6.07 Å². The lowest BCUT2D eigenvalue weighted by molar-refractivity contribution is -0.121. The Balaban J connectivity index is 1.64. The number of rotatable bonds is 7. The third-order valence-corrected chi connectivity index (χ3v) is 6.79. The molecule has 0 unspecified atom stereocenters. The third kappa shape index (κ3) is 5.54. The topological polar surface area (TPSA) is 108 Å². The second-order valence-corrected chi connectivity index (χ2v) is 9.25. The van der Waals surface area contributed by atoms with Gasteiger partial charge in [-0.2, -0.15) is 5.26 Å². The first-order chi connectivity index (χ1) is 14.8. The van der Waals surface area contributed by atoms with Crippen LogP contribution in [-0.2, 0) is 19.6 Å². The molecule has 1 aliphatic rings. The van der Waals surface area contributed by atoms with Crippen LogP contribution in [-0.4, -0.2) is 45.7 Å². The van der Waals surface area contributed by atoms with Crippen LogP contribution in [0.5, 0.6) is 0 Å². The molecule has 0 bridgehead atoms.